The standard InChI is InChI=1S/C22H23N7OS/c1-14-23-12-20(31-14)22(30)27-21-8-15-7-16(9-24-19(15)11-25-21)17-10-26-29(13-17)18-3-5-28(2)6-4-18/h7-13,18H,3-6H2,1-2H3,(H,25,27,30). The molecule has 0 aliphatic carbocycles. The fourth-order valence-corrected chi connectivity index (χ4v) is 4.52. The number of nitrogens with zero attached hydrogens (tertiary/aromatic N) is 6. The van der Waals surface area contributed by atoms with E-state index in [1.807, 2.05) is 25.4 Å². The van der Waals surface area contributed by atoms with Gasteiger partial charge < -0.3 is 10.2 Å². The molecule has 0 atom stereocenters. The molecule has 0 bridgehead atoms. The second kappa shape index (κ2) is 8.16. The summed E-state index contributed by atoms with van der Waals surface area (Å²) in [7, 11) is 2.16. The van der Waals surface area contributed by atoms with Crippen LogP contribution in [-0.2, 0) is 0 Å². The van der Waals surface area contributed by atoms with Gasteiger partial charge in [0.1, 0.15) is 10.7 Å². The number of rotatable bonds is 4. The van der Waals surface area contributed by atoms with Crippen LogP contribution in [0.3, 0.4) is 0 Å². The third-order valence-electron chi connectivity index (χ3n) is 5.65. The molecule has 9 heteroatoms. The van der Waals surface area contributed by atoms with Crippen molar-refractivity contribution in [3.8, 4) is 11.1 Å². The van der Waals surface area contributed by atoms with Crippen molar-refractivity contribution in [1.82, 2.24) is 29.6 Å². The summed E-state index contributed by atoms with van der Waals surface area (Å²) in [6.45, 7) is 4.07. The highest BCUT2D eigenvalue weighted by Crippen LogP contribution is 2.27. The summed E-state index contributed by atoms with van der Waals surface area (Å²) in [5, 5.41) is 9.22. The molecule has 0 saturated carbocycles. The van der Waals surface area contributed by atoms with Crippen molar-refractivity contribution in [2.45, 2.75) is 25.8 Å². The Kier molecular flexibility index (Phi) is 5.21. The number of pyridine rings is 2. The number of hydrogen-bond acceptors (Lipinski definition) is 7. The predicted octanol–water partition coefficient (Wildman–Crippen LogP) is 3.78. The summed E-state index contributed by atoms with van der Waals surface area (Å²) in [6, 6.07) is 4.35. The lowest BCUT2D eigenvalue weighted by atomic mass is 10.1. The Morgan fingerprint density at radius 2 is 1.90 bits per heavy atom. The Labute approximate surface area is 184 Å². The van der Waals surface area contributed by atoms with E-state index < -0.39 is 0 Å². The largest absolute Gasteiger partial charge is 0.306 e. The van der Waals surface area contributed by atoms with Crippen LogP contribution in [0.4, 0.5) is 5.82 Å². The second-order valence-corrected chi connectivity index (χ2v) is 9.16. The van der Waals surface area contributed by atoms with Crippen LogP contribution < -0.4 is 5.32 Å². The van der Waals surface area contributed by atoms with E-state index >= 15 is 0 Å². The van der Waals surface area contributed by atoms with Gasteiger partial charge in [-0.3, -0.25) is 14.5 Å². The minimum absolute atomic E-state index is 0.207. The number of anilines is 1. The van der Waals surface area contributed by atoms with Crippen LogP contribution in [0.25, 0.3) is 22.0 Å². The molecule has 0 unspecified atom stereocenters. The van der Waals surface area contributed by atoms with Gasteiger partial charge in [-0.2, -0.15) is 5.10 Å². The Hall–Kier alpha value is -3.17. The number of nitrogens with one attached hydrogen (secondary N) is 1. The minimum atomic E-state index is -0.207. The number of aromatic nitrogens is 5. The lowest BCUT2D eigenvalue weighted by Crippen LogP contribution is -2.31. The van der Waals surface area contributed by atoms with Gasteiger partial charge >= 0.3 is 0 Å². The molecule has 1 aliphatic heterocycles. The van der Waals surface area contributed by atoms with Gasteiger partial charge in [-0.25, -0.2) is 9.97 Å². The maximum Gasteiger partial charge on any atom is 0.268 e. The zero-order valence-electron chi connectivity index (χ0n) is 17.4. The van der Waals surface area contributed by atoms with Crippen LogP contribution in [0.5, 0.6) is 0 Å². The zero-order valence-corrected chi connectivity index (χ0v) is 18.3. The number of carbonyl (C=O) groups excluding carboxylic acids is 1. The first-order valence-corrected chi connectivity index (χ1v) is 11.1. The molecule has 1 saturated heterocycles. The summed E-state index contributed by atoms with van der Waals surface area (Å²) in [5.41, 5.74) is 2.81. The molecule has 0 aromatic carbocycles. The molecule has 4 aromatic rings. The topological polar surface area (TPSA) is 88.8 Å². The van der Waals surface area contributed by atoms with E-state index in [2.05, 4.69) is 54.3 Å². The highest BCUT2D eigenvalue weighted by atomic mass is 32.1. The molecule has 4 aromatic heterocycles. The molecule has 0 radical (unpaired) electrons. The predicted molar refractivity (Wildman–Crippen MR) is 121 cm³/mol. The number of amides is 1. The molecule has 8 nitrogen and oxygen atoms in total. The molecule has 31 heavy (non-hydrogen) atoms. The molecule has 1 N–H and O–H groups in total. The SMILES string of the molecule is Cc1ncc(C(=O)Nc2cc3cc(-c4cnn(C5CCN(C)CC5)c4)cnc3cn2)s1. The van der Waals surface area contributed by atoms with Crippen molar-refractivity contribution in [2.75, 3.05) is 25.5 Å². The number of piperidine rings is 1. The van der Waals surface area contributed by atoms with E-state index in [-0.39, 0.29) is 5.91 Å². The van der Waals surface area contributed by atoms with Gasteiger partial charge in [-0.15, -0.1) is 11.3 Å². The highest BCUT2D eigenvalue weighted by molar-refractivity contribution is 7.13. The average Bonchev–Trinajstić information content (AvgIpc) is 3.43. The van der Waals surface area contributed by atoms with Crippen LogP contribution in [-0.4, -0.2) is 55.7 Å². The van der Waals surface area contributed by atoms with Crippen molar-refractivity contribution in [3.63, 3.8) is 0 Å². The van der Waals surface area contributed by atoms with Crippen LogP contribution in [0.15, 0.2) is 43.1 Å². The second-order valence-electron chi connectivity index (χ2n) is 7.93. The van der Waals surface area contributed by atoms with Gasteiger partial charge in [-0.1, -0.05) is 0 Å². The summed E-state index contributed by atoms with van der Waals surface area (Å²) < 4.78 is 2.09. The fraction of sp³-hybridized carbons (Fsp3) is 0.318. The minimum Gasteiger partial charge on any atom is -0.306 e. The van der Waals surface area contributed by atoms with E-state index in [4.69, 9.17) is 0 Å². The first kappa shape index (κ1) is 19.8. The molecule has 5 heterocycles. The van der Waals surface area contributed by atoms with E-state index in [1.165, 1.54) is 11.3 Å². The Bertz CT molecular complexity index is 1240. The third kappa shape index (κ3) is 4.19. The molecule has 158 valence electrons. The molecule has 5 rings (SSSR count). The molecule has 1 aliphatic rings. The lowest BCUT2D eigenvalue weighted by Gasteiger charge is -2.28. The van der Waals surface area contributed by atoms with Crippen LogP contribution in [0, 0.1) is 6.92 Å². The number of thiazole rings is 1. The normalized spacial score (nSPS) is 15.4. The first-order chi connectivity index (χ1) is 15.0. The summed E-state index contributed by atoms with van der Waals surface area (Å²) in [4.78, 5) is 28.3. The van der Waals surface area contributed by atoms with Gasteiger partial charge in [0.05, 0.1) is 35.2 Å². The van der Waals surface area contributed by atoms with Gasteiger partial charge in [0.25, 0.3) is 5.91 Å². The number of fused-ring (bicyclic) bond motifs is 1. The highest BCUT2D eigenvalue weighted by Gasteiger charge is 2.19. The van der Waals surface area contributed by atoms with Crippen molar-refractivity contribution >= 4 is 34.0 Å². The third-order valence-corrected chi connectivity index (χ3v) is 6.56. The monoisotopic (exact) mass is 433 g/mol. The smallest absolute Gasteiger partial charge is 0.268 e. The van der Waals surface area contributed by atoms with E-state index in [0.717, 1.165) is 53.0 Å². The summed E-state index contributed by atoms with van der Waals surface area (Å²) >= 11 is 1.36. The number of hydrogen-bond donors (Lipinski definition) is 1. The average molecular weight is 434 g/mol. The zero-order chi connectivity index (χ0) is 21.4. The molecule has 1 fully saturated rings. The molecule has 0 spiro atoms. The van der Waals surface area contributed by atoms with Gasteiger partial charge in [0.15, 0.2) is 0 Å². The quantitative estimate of drug-likeness (QED) is 0.527. The maximum atomic E-state index is 12.4. The van der Waals surface area contributed by atoms with Crippen molar-refractivity contribution < 1.29 is 4.79 Å². The van der Waals surface area contributed by atoms with Crippen LogP contribution in [0.1, 0.15) is 33.6 Å². The first-order valence-electron chi connectivity index (χ1n) is 10.3. The summed E-state index contributed by atoms with van der Waals surface area (Å²) in [5.74, 6) is 0.283. The van der Waals surface area contributed by atoms with E-state index in [0.29, 0.717) is 16.7 Å². The molecule has 1 amide bonds. The summed E-state index contributed by atoms with van der Waals surface area (Å²) in [6.07, 6.45) is 11.3. The van der Waals surface area contributed by atoms with Crippen LogP contribution >= 0.6 is 11.3 Å². The number of carbonyl (C=O) groups is 1. The fourth-order valence-electron chi connectivity index (χ4n) is 3.85. The number of aryl methyl sites for hydroxylation is 1. The van der Waals surface area contributed by atoms with Gasteiger partial charge in [0, 0.05) is 28.9 Å². The maximum absolute atomic E-state index is 12.4. The Morgan fingerprint density at radius 3 is 2.68 bits per heavy atom. The lowest BCUT2D eigenvalue weighted by molar-refractivity contribution is 0.103. The van der Waals surface area contributed by atoms with Crippen molar-refractivity contribution in [1.29, 1.82) is 0 Å². The Balaban J connectivity index is 1.37. The van der Waals surface area contributed by atoms with E-state index in [1.54, 1.807) is 12.4 Å². The van der Waals surface area contributed by atoms with Gasteiger partial charge in [0.2, 0.25) is 0 Å². The molecular weight excluding hydrogens is 410 g/mol. The van der Waals surface area contributed by atoms with E-state index in [9.17, 15) is 4.79 Å². The Morgan fingerprint density at radius 1 is 1.06 bits per heavy atom. The molecular formula is C22H23N7OS. The van der Waals surface area contributed by atoms with Crippen molar-refractivity contribution in [3.05, 3.63) is 53.0 Å². The van der Waals surface area contributed by atoms with Crippen molar-refractivity contribution in [2.24, 2.45) is 0 Å². The van der Waals surface area contributed by atoms with Gasteiger partial charge in [-0.05, 0) is 52.0 Å². The number of likely N-dealkylation sites (tertiary alicyclic amines) is 1. The van der Waals surface area contributed by atoms with Crippen LogP contribution in [0.2, 0.25) is 0 Å².